The van der Waals surface area contributed by atoms with Crippen LogP contribution in [0.25, 0.3) is 11.1 Å². The zero-order valence-electron chi connectivity index (χ0n) is 14.0. The minimum Gasteiger partial charge on any atom is -0.459 e. The molecule has 0 bridgehead atoms. The van der Waals surface area contributed by atoms with E-state index in [9.17, 15) is 19.2 Å². The summed E-state index contributed by atoms with van der Waals surface area (Å²) in [6, 6.07) is 9.75. The lowest BCUT2D eigenvalue weighted by Gasteiger charge is -2.07. The number of esters is 1. The molecule has 0 radical (unpaired) electrons. The lowest BCUT2D eigenvalue weighted by atomic mass is 10.3. The normalized spacial score (nSPS) is 10.5. The molecule has 0 fully saturated rings. The third kappa shape index (κ3) is 4.42. The van der Waals surface area contributed by atoms with E-state index >= 15 is 0 Å². The predicted octanol–water partition coefficient (Wildman–Crippen LogP) is 0.582. The van der Waals surface area contributed by atoms with Gasteiger partial charge >= 0.3 is 17.6 Å². The van der Waals surface area contributed by atoms with Crippen molar-refractivity contribution in [2.24, 2.45) is 0 Å². The van der Waals surface area contributed by atoms with Gasteiger partial charge in [0.2, 0.25) is 0 Å². The summed E-state index contributed by atoms with van der Waals surface area (Å²) in [5.74, 6) is -2.62. The van der Waals surface area contributed by atoms with E-state index in [1.54, 1.807) is 24.3 Å². The standard InChI is InChI=1S/C17H15N3O7/c21-14(18-19-16(23)13-6-3-9-25-13)10-26-15(22)7-8-20-11-4-1-2-5-12(11)27-17(20)24/h1-6,9H,7-8,10H2,(H,18,21)(H,19,23). The Morgan fingerprint density at radius 3 is 2.67 bits per heavy atom. The van der Waals surface area contributed by atoms with Crippen LogP contribution in [0.15, 0.2) is 56.3 Å². The van der Waals surface area contributed by atoms with Gasteiger partial charge in [0.25, 0.3) is 5.91 Å². The van der Waals surface area contributed by atoms with Gasteiger partial charge in [0, 0.05) is 6.54 Å². The zero-order valence-corrected chi connectivity index (χ0v) is 14.0. The van der Waals surface area contributed by atoms with Gasteiger partial charge in [0.1, 0.15) is 0 Å². The minimum absolute atomic E-state index is 0.0186. The van der Waals surface area contributed by atoms with Crippen LogP contribution in [0.4, 0.5) is 0 Å². The highest BCUT2D eigenvalue weighted by atomic mass is 16.5. The number of aromatic nitrogens is 1. The van der Waals surface area contributed by atoms with E-state index in [0.717, 1.165) is 0 Å². The number of carbonyl (C=O) groups is 3. The summed E-state index contributed by atoms with van der Waals surface area (Å²) in [6.07, 6.45) is 1.18. The molecule has 2 N–H and O–H groups in total. The molecule has 10 nitrogen and oxygen atoms in total. The smallest absolute Gasteiger partial charge is 0.419 e. The number of rotatable bonds is 6. The zero-order chi connectivity index (χ0) is 19.2. The van der Waals surface area contributed by atoms with Gasteiger partial charge in [-0.05, 0) is 24.3 Å². The van der Waals surface area contributed by atoms with Crippen molar-refractivity contribution < 1.29 is 28.0 Å². The van der Waals surface area contributed by atoms with Gasteiger partial charge in [-0.15, -0.1) is 0 Å². The molecule has 140 valence electrons. The number of ether oxygens (including phenoxy) is 1. The van der Waals surface area contributed by atoms with Crippen molar-refractivity contribution in [2.45, 2.75) is 13.0 Å². The molecule has 3 rings (SSSR count). The summed E-state index contributed by atoms with van der Waals surface area (Å²) in [5, 5.41) is 0. The average molecular weight is 373 g/mol. The second-order valence-corrected chi connectivity index (χ2v) is 5.38. The number of para-hydroxylation sites is 2. The quantitative estimate of drug-likeness (QED) is 0.477. The van der Waals surface area contributed by atoms with Crippen LogP contribution < -0.4 is 16.6 Å². The molecule has 0 saturated carbocycles. The van der Waals surface area contributed by atoms with Gasteiger partial charge in [-0.3, -0.25) is 29.8 Å². The Morgan fingerprint density at radius 1 is 1.07 bits per heavy atom. The predicted molar refractivity (Wildman–Crippen MR) is 90.4 cm³/mol. The van der Waals surface area contributed by atoms with Crippen molar-refractivity contribution in [3.63, 3.8) is 0 Å². The Kier molecular flexibility index (Phi) is 5.36. The Morgan fingerprint density at radius 2 is 1.89 bits per heavy atom. The van der Waals surface area contributed by atoms with E-state index in [1.807, 2.05) is 0 Å². The highest BCUT2D eigenvalue weighted by Crippen LogP contribution is 2.12. The first-order chi connectivity index (χ1) is 13.0. The molecule has 2 heterocycles. The van der Waals surface area contributed by atoms with Crippen LogP contribution in [-0.4, -0.2) is 29.0 Å². The minimum atomic E-state index is -0.728. The number of fused-ring (bicyclic) bond motifs is 1. The number of benzene rings is 1. The molecule has 0 aliphatic rings. The molecule has 1 aromatic carbocycles. The average Bonchev–Trinajstić information content (AvgIpc) is 3.30. The highest BCUT2D eigenvalue weighted by molar-refractivity contribution is 5.93. The van der Waals surface area contributed by atoms with E-state index in [0.29, 0.717) is 11.1 Å². The first-order valence-electron chi connectivity index (χ1n) is 7.91. The molecule has 0 spiro atoms. The number of amides is 2. The van der Waals surface area contributed by atoms with Crippen molar-refractivity contribution in [3.05, 3.63) is 59.0 Å². The molecule has 10 heteroatoms. The molecule has 0 aliphatic heterocycles. The van der Waals surface area contributed by atoms with E-state index < -0.39 is 30.1 Å². The molecule has 3 aromatic rings. The topological polar surface area (TPSA) is 133 Å². The third-order valence-corrected chi connectivity index (χ3v) is 3.54. The van der Waals surface area contributed by atoms with Gasteiger partial charge in [0.05, 0.1) is 18.2 Å². The van der Waals surface area contributed by atoms with E-state index in [-0.39, 0.29) is 18.7 Å². The van der Waals surface area contributed by atoms with Gasteiger partial charge in [-0.25, -0.2) is 4.79 Å². The second-order valence-electron chi connectivity index (χ2n) is 5.38. The summed E-state index contributed by atoms with van der Waals surface area (Å²) in [4.78, 5) is 46.7. The molecule has 0 atom stereocenters. The molecule has 2 amide bonds. The van der Waals surface area contributed by atoms with Gasteiger partial charge in [-0.2, -0.15) is 0 Å². The highest BCUT2D eigenvalue weighted by Gasteiger charge is 2.13. The maximum absolute atomic E-state index is 11.8. The van der Waals surface area contributed by atoms with Crippen LogP contribution in [-0.2, 0) is 20.9 Å². The molecular formula is C17H15N3O7. The van der Waals surface area contributed by atoms with E-state index in [1.165, 1.54) is 23.0 Å². The second kappa shape index (κ2) is 8.04. The molecule has 0 aliphatic carbocycles. The molecule has 0 saturated heterocycles. The maximum atomic E-state index is 11.8. The number of oxazole rings is 1. The summed E-state index contributed by atoms with van der Waals surface area (Å²) in [6.45, 7) is -0.538. The number of hydrogen-bond donors (Lipinski definition) is 2. The number of furan rings is 1. The van der Waals surface area contributed by atoms with Crippen LogP contribution in [0.5, 0.6) is 0 Å². The maximum Gasteiger partial charge on any atom is 0.419 e. The van der Waals surface area contributed by atoms with Gasteiger partial charge in [-0.1, -0.05) is 12.1 Å². The van der Waals surface area contributed by atoms with Crippen LogP contribution in [0.3, 0.4) is 0 Å². The van der Waals surface area contributed by atoms with Gasteiger partial charge in [0.15, 0.2) is 18.0 Å². The molecule has 27 heavy (non-hydrogen) atoms. The third-order valence-electron chi connectivity index (χ3n) is 3.54. The Hall–Kier alpha value is -3.82. The van der Waals surface area contributed by atoms with Gasteiger partial charge < -0.3 is 13.6 Å². The SMILES string of the molecule is O=C(COC(=O)CCn1c(=O)oc2ccccc21)NNC(=O)c1ccco1. The van der Waals surface area contributed by atoms with Crippen molar-refractivity contribution in [3.8, 4) is 0 Å². The molecule has 0 unspecified atom stereocenters. The van der Waals surface area contributed by atoms with E-state index in [2.05, 4.69) is 10.9 Å². The first kappa shape index (κ1) is 18.0. The van der Waals surface area contributed by atoms with Crippen LogP contribution in [0, 0.1) is 0 Å². The van der Waals surface area contributed by atoms with Crippen LogP contribution in [0.2, 0.25) is 0 Å². The lowest BCUT2D eigenvalue weighted by molar-refractivity contribution is -0.148. The number of aryl methyl sites for hydroxylation is 1. The monoisotopic (exact) mass is 373 g/mol. The van der Waals surface area contributed by atoms with Crippen LogP contribution in [0.1, 0.15) is 17.0 Å². The van der Waals surface area contributed by atoms with E-state index in [4.69, 9.17) is 13.6 Å². The fourth-order valence-corrected chi connectivity index (χ4v) is 2.28. The number of nitrogens with zero attached hydrogens (tertiary/aromatic N) is 1. The molecule has 2 aromatic heterocycles. The Bertz CT molecular complexity index is 1020. The number of nitrogens with one attached hydrogen (secondary N) is 2. The Balaban J connectivity index is 1.43. The first-order valence-corrected chi connectivity index (χ1v) is 7.91. The number of carbonyl (C=O) groups excluding carboxylic acids is 3. The summed E-state index contributed by atoms with van der Waals surface area (Å²) in [7, 11) is 0. The van der Waals surface area contributed by atoms with Crippen molar-refractivity contribution >= 4 is 28.9 Å². The van der Waals surface area contributed by atoms with Crippen molar-refractivity contribution in [2.75, 3.05) is 6.61 Å². The van der Waals surface area contributed by atoms with Crippen molar-refractivity contribution in [1.29, 1.82) is 0 Å². The summed E-state index contributed by atoms with van der Waals surface area (Å²) in [5.41, 5.74) is 5.17. The van der Waals surface area contributed by atoms with Crippen LogP contribution >= 0.6 is 0 Å². The molecular weight excluding hydrogens is 358 g/mol. The summed E-state index contributed by atoms with van der Waals surface area (Å²) >= 11 is 0. The lowest BCUT2D eigenvalue weighted by Crippen LogP contribution is -2.43. The Labute approximate surface area is 151 Å². The summed E-state index contributed by atoms with van der Waals surface area (Å²) < 4.78 is 16.0. The van der Waals surface area contributed by atoms with Crippen molar-refractivity contribution in [1.82, 2.24) is 15.4 Å². The number of hydrazine groups is 1. The largest absolute Gasteiger partial charge is 0.459 e. The fourth-order valence-electron chi connectivity index (χ4n) is 2.28. The number of hydrogen-bond acceptors (Lipinski definition) is 7. The fraction of sp³-hybridized carbons (Fsp3) is 0.176.